The number of piperidine rings is 1. The van der Waals surface area contributed by atoms with Crippen molar-refractivity contribution in [2.24, 2.45) is 11.8 Å². The molecular weight excluding hydrogens is 606 g/mol. The third kappa shape index (κ3) is 9.47. The molecule has 1 aromatic heterocycles. The van der Waals surface area contributed by atoms with Gasteiger partial charge in [0.1, 0.15) is 5.75 Å². The molecule has 2 aromatic carbocycles. The van der Waals surface area contributed by atoms with Gasteiger partial charge in [-0.15, -0.1) is 0 Å². The first kappa shape index (κ1) is 36.1. The Hall–Kier alpha value is -3.24. The van der Waals surface area contributed by atoms with Gasteiger partial charge < -0.3 is 35.3 Å². The summed E-state index contributed by atoms with van der Waals surface area (Å²) in [5.41, 5.74) is -0.139. The Labute approximate surface area is 284 Å². The largest absolute Gasteiger partial charge is 0.506 e. The van der Waals surface area contributed by atoms with Crippen molar-refractivity contribution in [2.45, 2.75) is 95.2 Å². The summed E-state index contributed by atoms with van der Waals surface area (Å²) in [6, 6.07) is 15.6. The molecule has 9 nitrogen and oxygen atoms in total. The average molecular weight is 662 g/mol. The van der Waals surface area contributed by atoms with E-state index in [0.29, 0.717) is 41.1 Å². The number of rotatable bonds is 18. The molecule has 1 unspecified atom stereocenters. The normalized spacial score (nSPS) is 18.2. The second-order valence-corrected chi connectivity index (χ2v) is 14.0. The number of aromatic hydroxyl groups is 1. The first-order valence-electron chi connectivity index (χ1n) is 18.3. The number of unbranched alkanes of at least 4 members (excludes halogenated alkanes) is 6. The van der Waals surface area contributed by atoms with Crippen LogP contribution in [-0.4, -0.2) is 70.5 Å². The topological polar surface area (TPSA) is 135 Å². The lowest BCUT2D eigenvalue weighted by atomic mass is 9.80. The number of hydrogen-bond acceptors (Lipinski definition) is 8. The molecule has 48 heavy (non-hydrogen) atoms. The zero-order valence-electron chi connectivity index (χ0n) is 28.4. The number of carbonyl (C=O) groups is 1. The molecule has 1 saturated carbocycles. The fraction of sp³-hybridized carbons (Fsp3) is 0.590. The predicted molar refractivity (Wildman–Crippen MR) is 189 cm³/mol. The van der Waals surface area contributed by atoms with E-state index in [-0.39, 0.29) is 17.2 Å². The van der Waals surface area contributed by atoms with Crippen molar-refractivity contribution < 1.29 is 24.9 Å². The highest BCUT2D eigenvalue weighted by Gasteiger charge is 2.48. The number of likely N-dealkylation sites (tertiary alicyclic amines) is 1. The molecule has 3 aromatic rings. The highest BCUT2D eigenvalue weighted by molar-refractivity contribution is 5.87. The van der Waals surface area contributed by atoms with Gasteiger partial charge in [-0.25, -0.2) is 4.79 Å². The zero-order valence-corrected chi connectivity index (χ0v) is 28.4. The molecule has 1 saturated heterocycles. The fourth-order valence-electron chi connectivity index (χ4n) is 7.60. The summed E-state index contributed by atoms with van der Waals surface area (Å²) >= 11 is 0. The summed E-state index contributed by atoms with van der Waals surface area (Å²) in [5.74, 6) is -0.200. The number of esters is 1. The summed E-state index contributed by atoms with van der Waals surface area (Å²) in [6.07, 6.45) is 13.5. The summed E-state index contributed by atoms with van der Waals surface area (Å²) in [6.45, 7) is 4.85. The van der Waals surface area contributed by atoms with Gasteiger partial charge in [0.05, 0.1) is 18.2 Å². The number of carbonyl (C=O) groups excluding carboxylic acids is 1. The molecule has 2 fully saturated rings. The number of aliphatic hydroxyl groups is 2. The van der Waals surface area contributed by atoms with Crippen LogP contribution >= 0.6 is 0 Å². The van der Waals surface area contributed by atoms with Crippen LogP contribution in [0.2, 0.25) is 0 Å². The minimum absolute atomic E-state index is 0.00254. The van der Waals surface area contributed by atoms with Crippen molar-refractivity contribution in [2.75, 3.05) is 39.3 Å². The van der Waals surface area contributed by atoms with E-state index in [1.807, 2.05) is 30.3 Å². The summed E-state index contributed by atoms with van der Waals surface area (Å²) in [7, 11) is 0. The van der Waals surface area contributed by atoms with Crippen LogP contribution in [0, 0.1) is 11.8 Å². The minimum Gasteiger partial charge on any atom is -0.506 e. The van der Waals surface area contributed by atoms with E-state index in [1.54, 1.807) is 12.1 Å². The third-order valence-electron chi connectivity index (χ3n) is 10.6. The number of aliphatic hydroxyl groups excluding tert-OH is 1. The van der Waals surface area contributed by atoms with Crippen molar-refractivity contribution in [1.29, 1.82) is 0 Å². The van der Waals surface area contributed by atoms with Crippen LogP contribution < -0.4 is 10.9 Å². The maximum Gasteiger partial charge on any atom is 0.343 e. The van der Waals surface area contributed by atoms with Gasteiger partial charge >= 0.3 is 5.97 Å². The van der Waals surface area contributed by atoms with E-state index in [0.717, 1.165) is 77.5 Å². The van der Waals surface area contributed by atoms with E-state index in [2.05, 4.69) is 15.2 Å². The van der Waals surface area contributed by atoms with Gasteiger partial charge in [0.25, 0.3) is 0 Å². The molecule has 262 valence electrons. The van der Waals surface area contributed by atoms with Crippen LogP contribution in [0.4, 0.5) is 0 Å². The predicted octanol–water partition coefficient (Wildman–Crippen LogP) is 5.92. The van der Waals surface area contributed by atoms with E-state index < -0.39 is 17.7 Å². The van der Waals surface area contributed by atoms with Crippen molar-refractivity contribution >= 4 is 16.9 Å². The first-order chi connectivity index (χ1) is 23.4. The molecule has 2 heterocycles. The van der Waals surface area contributed by atoms with Gasteiger partial charge in [-0.1, -0.05) is 81.3 Å². The molecular formula is C39H55N3O6. The number of aromatic nitrogens is 1. The van der Waals surface area contributed by atoms with Crippen LogP contribution in [-0.2, 0) is 15.1 Å². The second-order valence-electron chi connectivity index (χ2n) is 14.0. The molecule has 0 amide bonds. The molecule has 0 spiro atoms. The molecule has 0 bridgehead atoms. The third-order valence-corrected chi connectivity index (χ3v) is 10.6. The smallest absolute Gasteiger partial charge is 0.343 e. The molecule has 5 N–H and O–H groups in total. The Balaban J connectivity index is 0.882. The second kappa shape index (κ2) is 18.0. The zero-order chi connectivity index (χ0) is 33.8. The highest BCUT2D eigenvalue weighted by Crippen LogP contribution is 2.41. The number of phenolic OH excluding ortho intramolecular Hbond substituents is 1. The monoisotopic (exact) mass is 661 g/mol. The van der Waals surface area contributed by atoms with Crippen LogP contribution in [0.15, 0.2) is 59.4 Å². The number of hydrogen-bond donors (Lipinski definition) is 5. The number of phenols is 1. The van der Waals surface area contributed by atoms with Crippen LogP contribution in [0.3, 0.4) is 0 Å². The number of fused-ring (bicyclic) bond motifs is 1. The number of pyridine rings is 1. The van der Waals surface area contributed by atoms with Crippen LogP contribution in [0.5, 0.6) is 5.75 Å². The summed E-state index contributed by atoms with van der Waals surface area (Å²) in [5, 5.41) is 36.4. The number of nitrogens with zero attached hydrogens (tertiary/aromatic N) is 1. The molecule has 1 aliphatic heterocycles. The Bertz CT molecular complexity index is 1480. The Morgan fingerprint density at radius 3 is 2.33 bits per heavy atom. The van der Waals surface area contributed by atoms with E-state index in [1.165, 1.54) is 44.2 Å². The highest BCUT2D eigenvalue weighted by atomic mass is 16.5. The Kier molecular flexibility index (Phi) is 13.5. The lowest BCUT2D eigenvalue weighted by Crippen LogP contribution is -2.44. The summed E-state index contributed by atoms with van der Waals surface area (Å²) < 4.78 is 5.83. The molecule has 2 aliphatic rings. The van der Waals surface area contributed by atoms with Crippen molar-refractivity contribution in [3.63, 3.8) is 0 Å². The number of benzene rings is 2. The molecule has 5 rings (SSSR count). The molecule has 1 aliphatic carbocycles. The number of H-pyrrole nitrogens is 1. The van der Waals surface area contributed by atoms with Crippen molar-refractivity contribution in [3.05, 3.63) is 76.1 Å². The van der Waals surface area contributed by atoms with Crippen LogP contribution in [0.1, 0.15) is 101 Å². The molecule has 2 atom stereocenters. The standard InChI is InChI=1S/C39H55N3O6/c43-34-19-17-32(33-18-20-36(45)41-37(33)34)35(44)27-40-23-11-4-2-1-3-5-12-24-42-25-21-29(22-26-42)28-48-38(46)39(47,31-15-9-10-16-31)30-13-7-6-8-14-30/h6-8,13-14,17-20,29,31,35,40,43-44,47H,1-5,9-12,15-16,21-28H2,(H,41,45)/t35-,39?/m0/s1. The quantitative estimate of drug-likeness (QED) is 0.0838. The van der Waals surface area contributed by atoms with E-state index in [9.17, 15) is 24.9 Å². The number of nitrogens with one attached hydrogen (secondary N) is 2. The Morgan fingerprint density at radius 2 is 1.60 bits per heavy atom. The van der Waals surface area contributed by atoms with Crippen molar-refractivity contribution in [3.8, 4) is 5.75 Å². The van der Waals surface area contributed by atoms with E-state index in [4.69, 9.17) is 4.74 Å². The lowest BCUT2D eigenvalue weighted by molar-refractivity contribution is -0.175. The summed E-state index contributed by atoms with van der Waals surface area (Å²) in [4.78, 5) is 30.1. The molecule has 0 radical (unpaired) electrons. The van der Waals surface area contributed by atoms with Gasteiger partial charge in [-0.2, -0.15) is 0 Å². The number of ether oxygens (including phenoxy) is 1. The first-order valence-corrected chi connectivity index (χ1v) is 18.3. The van der Waals surface area contributed by atoms with Gasteiger partial charge in [0, 0.05) is 23.9 Å². The lowest BCUT2D eigenvalue weighted by Gasteiger charge is -2.34. The minimum atomic E-state index is -1.55. The van der Waals surface area contributed by atoms with Gasteiger partial charge in [0.2, 0.25) is 5.56 Å². The van der Waals surface area contributed by atoms with Gasteiger partial charge in [0.15, 0.2) is 5.60 Å². The van der Waals surface area contributed by atoms with E-state index >= 15 is 0 Å². The SMILES string of the molecule is O=C(OCC1CCN(CCCCCCCCCNC[C@H](O)c2ccc(O)c3[nH]c(=O)ccc23)CC1)C(O)(c1ccccc1)C1CCCC1. The molecule has 9 heteroatoms. The maximum absolute atomic E-state index is 13.3. The van der Waals surface area contributed by atoms with Crippen LogP contribution in [0.25, 0.3) is 10.9 Å². The average Bonchev–Trinajstić information content (AvgIpc) is 3.66. The van der Waals surface area contributed by atoms with Crippen molar-refractivity contribution in [1.82, 2.24) is 15.2 Å². The number of aromatic amines is 1. The maximum atomic E-state index is 13.3. The Morgan fingerprint density at radius 1 is 0.917 bits per heavy atom. The fourth-order valence-corrected chi connectivity index (χ4v) is 7.60. The van der Waals surface area contributed by atoms with Gasteiger partial charge in [-0.3, -0.25) is 4.79 Å². The van der Waals surface area contributed by atoms with Gasteiger partial charge in [-0.05, 0) is 93.9 Å².